The van der Waals surface area contributed by atoms with Crippen LogP contribution in [0.25, 0.3) is 0 Å². The summed E-state index contributed by atoms with van der Waals surface area (Å²) in [6.07, 6.45) is 0. The van der Waals surface area contributed by atoms with Crippen LogP contribution in [0, 0.1) is 0 Å². The average molecular weight is 213 g/mol. The Balaban J connectivity index is 2.37. The van der Waals surface area contributed by atoms with Gasteiger partial charge in [0, 0.05) is 24.0 Å². The van der Waals surface area contributed by atoms with Crippen LogP contribution >= 0.6 is 11.3 Å². The van der Waals surface area contributed by atoms with E-state index in [1.165, 1.54) is 0 Å². The fourth-order valence-electron chi connectivity index (χ4n) is 1.55. The Hall–Kier alpha value is -0.450. The Labute approximate surface area is 90.2 Å². The highest BCUT2D eigenvalue weighted by Gasteiger charge is 2.10. The van der Waals surface area contributed by atoms with E-state index in [-0.39, 0.29) is 0 Å². The van der Waals surface area contributed by atoms with E-state index in [1.54, 1.807) is 11.3 Å². The van der Waals surface area contributed by atoms with Gasteiger partial charge >= 0.3 is 0 Å². The molecule has 1 aromatic rings. The third-order valence-corrected chi connectivity index (χ3v) is 2.67. The molecule has 14 heavy (non-hydrogen) atoms. The van der Waals surface area contributed by atoms with Crippen LogP contribution in [-0.2, 0) is 0 Å². The molecule has 0 aliphatic carbocycles. The Kier molecular flexibility index (Phi) is 4.51. The van der Waals surface area contributed by atoms with Crippen molar-refractivity contribution in [1.82, 2.24) is 15.2 Å². The molecule has 0 saturated carbocycles. The van der Waals surface area contributed by atoms with Gasteiger partial charge in [-0.05, 0) is 27.9 Å². The Morgan fingerprint density at radius 3 is 2.71 bits per heavy atom. The van der Waals surface area contributed by atoms with E-state index in [0.717, 1.165) is 12.2 Å². The highest BCUT2D eigenvalue weighted by Crippen LogP contribution is 2.12. The summed E-state index contributed by atoms with van der Waals surface area (Å²) in [6, 6.07) is 0.831. The summed E-state index contributed by atoms with van der Waals surface area (Å²) in [5, 5.41) is 5.61. The number of hydrogen-bond acceptors (Lipinski definition) is 4. The topological polar surface area (TPSA) is 28.2 Å². The lowest BCUT2D eigenvalue weighted by atomic mass is 10.2. The number of nitrogens with one attached hydrogen (secondary N) is 1. The van der Waals surface area contributed by atoms with Crippen molar-refractivity contribution in [3.63, 3.8) is 0 Å². The van der Waals surface area contributed by atoms with Crippen molar-refractivity contribution in [1.29, 1.82) is 0 Å². The molecule has 80 valence electrons. The Bertz CT molecular complexity index is 246. The van der Waals surface area contributed by atoms with Gasteiger partial charge in [-0.15, -0.1) is 11.3 Å². The van der Waals surface area contributed by atoms with Crippen LogP contribution in [0.2, 0.25) is 0 Å². The lowest BCUT2D eigenvalue weighted by molar-refractivity contribution is 0.333. The molecular formula is C10H19N3S. The SMILES string of the molecule is CC(CN(C)C)NC(C)c1cscn1. The minimum absolute atomic E-state index is 0.344. The highest BCUT2D eigenvalue weighted by atomic mass is 32.1. The molecule has 0 amide bonds. The summed E-state index contributed by atoms with van der Waals surface area (Å²) in [5.74, 6) is 0. The predicted octanol–water partition coefficient (Wildman–Crippen LogP) is 1.74. The van der Waals surface area contributed by atoms with Gasteiger partial charge in [-0.3, -0.25) is 0 Å². The van der Waals surface area contributed by atoms with Gasteiger partial charge in [0.2, 0.25) is 0 Å². The number of thiazole rings is 1. The fraction of sp³-hybridized carbons (Fsp3) is 0.700. The Morgan fingerprint density at radius 1 is 1.50 bits per heavy atom. The number of rotatable bonds is 5. The van der Waals surface area contributed by atoms with Gasteiger partial charge in [0.1, 0.15) is 0 Å². The number of likely N-dealkylation sites (N-methyl/N-ethyl adjacent to an activating group) is 1. The first kappa shape index (κ1) is 11.6. The molecule has 0 spiro atoms. The molecule has 0 aromatic carbocycles. The van der Waals surface area contributed by atoms with Crippen LogP contribution < -0.4 is 5.32 Å². The van der Waals surface area contributed by atoms with E-state index in [9.17, 15) is 0 Å². The molecule has 1 N–H and O–H groups in total. The van der Waals surface area contributed by atoms with Gasteiger partial charge in [0.25, 0.3) is 0 Å². The summed E-state index contributed by atoms with van der Waals surface area (Å²) < 4.78 is 0. The van der Waals surface area contributed by atoms with Crippen molar-refractivity contribution in [3.8, 4) is 0 Å². The van der Waals surface area contributed by atoms with Gasteiger partial charge in [-0.2, -0.15) is 0 Å². The predicted molar refractivity (Wildman–Crippen MR) is 61.7 cm³/mol. The lowest BCUT2D eigenvalue weighted by Crippen LogP contribution is -2.37. The summed E-state index contributed by atoms with van der Waals surface area (Å²) in [6.45, 7) is 5.40. The molecule has 2 atom stereocenters. The average Bonchev–Trinajstić information content (AvgIpc) is 2.53. The molecule has 0 bridgehead atoms. The van der Waals surface area contributed by atoms with E-state index in [0.29, 0.717) is 12.1 Å². The van der Waals surface area contributed by atoms with Crippen LogP contribution in [0.4, 0.5) is 0 Å². The minimum atomic E-state index is 0.344. The molecule has 0 radical (unpaired) electrons. The molecule has 4 heteroatoms. The van der Waals surface area contributed by atoms with Crippen molar-refractivity contribution in [2.24, 2.45) is 0 Å². The lowest BCUT2D eigenvalue weighted by Gasteiger charge is -2.21. The third kappa shape index (κ3) is 3.74. The maximum Gasteiger partial charge on any atom is 0.0795 e. The van der Waals surface area contributed by atoms with Crippen LogP contribution in [0.3, 0.4) is 0 Å². The molecule has 3 nitrogen and oxygen atoms in total. The Morgan fingerprint density at radius 2 is 2.21 bits per heavy atom. The summed E-state index contributed by atoms with van der Waals surface area (Å²) in [4.78, 5) is 6.48. The zero-order chi connectivity index (χ0) is 10.6. The zero-order valence-electron chi connectivity index (χ0n) is 9.32. The highest BCUT2D eigenvalue weighted by molar-refractivity contribution is 7.07. The van der Waals surface area contributed by atoms with Crippen LogP contribution in [0.5, 0.6) is 0 Å². The van der Waals surface area contributed by atoms with Crippen molar-refractivity contribution < 1.29 is 0 Å². The van der Waals surface area contributed by atoms with Crippen LogP contribution in [0.1, 0.15) is 25.6 Å². The third-order valence-electron chi connectivity index (χ3n) is 2.07. The maximum atomic E-state index is 4.29. The summed E-state index contributed by atoms with van der Waals surface area (Å²) >= 11 is 1.65. The van der Waals surface area contributed by atoms with Crippen LogP contribution in [-0.4, -0.2) is 36.6 Å². The maximum absolute atomic E-state index is 4.29. The first-order valence-electron chi connectivity index (χ1n) is 4.88. The van der Waals surface area contributed by atoms with Crippen molar-refractivity contribution >= 4 is 11.3 Å². The minimum Gasteiger partial charge on any atom is -0.308 e. The van der Waals surface area contributed by atoms with E-state index in [4.69, 9.17) is 0 Å². The van der Waals surface area contributed by atoms with E-state index < -0.39 is 0 Å². The normalized spacial score (nSPS) is 15.8. The van der Waals surface area contributed by atoms with E-state index in [2.05, 4.69) is 48.5 Å². The first-order chi connectivity index (χ1) is 6.59. The van der Waals surface area contributed by atoms with Gasteiger partial charge in [-0.1, -0.05) is 0 Å². The molecular weight excluding hydrogens is 194 g/mol. The second-order valence-electron chi connectivity index (χ2n) is 3.96. The van der Waals surface area contributed by atoms with Gasteiger partial charge in [-0.25, -0.2) is 4.98 Å². The number of hydrogen-bond donors (Lipinski definition) is 1. The zero-order valence-corrected chi connectivity index (χ0v) is 10.1. The van der Waals surface area contributed by atoms with Crippen molar-refractivity contribution in [2.45, 2.75) is 25.9 Å². The van der Waals surface area contributed by atoms with Crippen molar-refractivity contribution in [2.75, 3.05) is 20.6 Å². The quantitative estimate of drug-likeness (QED) is 0.807. The molecule has 0 aliphatic rings. The second-order valence-corrected chi connectivity index (χ2v) is 4.68. The molecule has 1 heterocycles. The smallest absolute Gasteiger partial charge is 0.0795 e. The van der Waals surface area contributed by atoms with Crippen LogP contribution in [0.15, 0.2) is 10.9 Å². The van der Waals surface area contributed by atoms with E-state index >= 15 is 0 Å². The standard InChI is InChI=1S/C10H19N3S/c1-8(5-13(3)4)12-9(2)10-6-14-7-11-10/h6-9,12H,5H2,1-4H3. The number of aromatic nitrogens is 1. The second kappa shape index (κ2) is 5.44. The summed E-state index contributed by atoms with van der Waals surface area (Å²) in [7, 11) is 4.18. The van der Waals surface area contributed by atoms with Gasteiger partial charge in [0.15, 0.2) is 0 Å². The summed E-state index contributed by atoms with van der Waals surface area (Å²) in [5.41, 5.74) is 3.02. The largest absolute Gasteiger partial charge is 0.308 e. The fourth-order valence-corrected chi connectivity index (χ4v) is 2.20. The van der Waals surface area contributed by atoms with E-state index in [1.807, 2.05) is 5.51 Å². The van der Waals surface area contributed by atoms with Gasteiger partial charge < -0.3 is 10.2 Å². The molecule has 2 unspecified atom stereocenters. The molecule has 0 saturated heterocycles. The molecule has 1 rings (SSSR count). The van der Waals surface area contributed by atoms with Crippen molar-refractivity contribution in [3.05, 3.63) is 16.6 Å². The first-order valence-corrected chi connectivity index (χ1v) is 5.82. The molecule has 1 aromatic heterocycles. The number of nitrogens with zero attached hydrogens (tertiary/aromatic N) is 2. The molecule has 0 fully saturated rings. The monoisotopic (exact) mass is 213 g/mol. The molecule has 0 aliphatic heterocycles. The van der Waals surface area contributed by atoms with Gasteiger partial charge in [0.05, 0.1) is 11.2 Å².